The van der Waals surface area contributed by atoms with Gasteiger partial charge in [0.1, 0.15) is 0 Å². The van der Waals surface area contributed by atoms with E-state index in [1.807, 2.05) is 42.1 Å². The van der Waals surface area contributed by atoms with Crippen molar-refractivity contribution >= 4 is 11.8 Å². The molecule has 1 atom stereocenters. The van der Waals surface area contributed by atoms with Crippen molar-refractivity contribution in [3.8, 4) is 0 Å². The average molecular weight is 253 g/mol. The minimum atomic E-state index is -0.608. The van der Waals surface area contributed by atoms with Crippen molar-refractivity contribution in [2.75, 3.05) is 18.1 Å². The van der Waals surface area contributed by atoms with E-state index in [1.165, 1.54) is 6.42 Å². The van der Waals surface area contributed by atoms with Gasteiger partial charge in [-0.25, -0.2) is 0 Å². The molecule has 0 saturated carbocycles. The number of aliphatic hydroxyl groups is 1. The standard InChI is InChI=1S/C14H23NOS/c1-12(2)8-9-17-11-14(15,10-16)13-6-4-3-5-7-13/h3-7,12,16H,8-11,15H2,1-2H3. The number of hydrogen-bond acceptors (Lipinski definition) is 3. The molecule has 0 spiro atoms. The first-order valence-corrected chi connectivity index (χ1v) is 7.27. The average Bonchev–Trinajstić information content (AvgIpc) is 2.35. The summed E-state index contributed by atoms with van der Waals surface area (Å²) < 4.78 is 0. The second kappa shape index (κ2) is 7.04. The largest absolute Gasteiger partial charge is 0.394 e. The summed E-state index contributed by atoms with van der Waals surface area (Å²) >= 11 is 1.82. The van der Waals surface area contributed by atoms with E-state index in [0.29, 0.717) is 0 Å². The van der Waals surface area contributed by atoms with Gasteiger partial charge in [0.25, 0.3) is 0 Å². The molecule has 3 heteroatoms. The lowest BCUT2D eigenvalue weighted by atomic mass is 9.94. The first-order chi connectivity index (χ1) is 8.08. The molecule has 3 N–H and O–H groups in total. The van der Waals surface area contributed by atoms with E-state index in [0.717, 1.165) is 23.0 Å². The van der Waals surface area contributed by atoms with E-state index < -0.39 is 5.54 Å². The fraction of sp³-hybridized carbons (Fsp3) is 0.571. The minimum absolute atomic E-state index is 0.00824. The van der Waals surface area contributed by atoms with Gasteiger partial charge in [-0.2, -0.15) is 11.8 Å². The van der Waals surface area contributed by atoms with Crippen LogP contribution in [-0.2, 0) is 5.54 Å². The third-order valence-electron chi connectivity index (χ3n) is 2.83. The number of thioether (sulfide) groups is 1. The molecule has 17 heavy (non-hydrogen) atoms. The number of nitrogens with two attached hydrogens (primary N) is 1. The third kappa shape index (κ3) is 4.70. The van der Waals surface area contributed by atoms with Crippen LogP contribution in [0.2, 0.25) is 0 Å². The molecule has 0 heterocycles. The molecule has 0 aliphatic heterocycles. The van der Waals surface area contributed by atoms with Crippen LogP contribution in [0.15, 0.2) is 30.3 Å². The van der Waals surface area contributed by atoms with Crippen molar-refractivity contribution in [2.45, 2.75) is 25.8 Å². The molecule has 0 aromatic heterocycles. The van der Waals surface area contributed by atoms with E-state index in [-0.39, 0.29) is 6.61 Å². The first-order valence-electron chi connectivity index (χ1n) is 6.11. The summed E-state index contributed by atoms with van der Waals surface area (Å²) in [4.78, 5) is 0. The molecule has 1 unspecified atom stereocenters. The van der Waals surface area contributed by atoms with Crippen molar-refractivity contribution in [2.24, 2.45) is 11.7 Å². The molecule has 0 bridgehead atoms. The quantitative estimate of drug-likeness (QED) is 0.734. The van der Waals surface area contributed by atoms with Gasteiger partial charge in [0.15, 0.2) is 0 Å². The Hall–Kier alpha value is -0.510. The zero-order chi connectivity index (χ0) is 12.7. The van der Waals surface area contributed by atoms with Gasteiger partial charge in [-0.15, -0.1) is 0 Å². The van der Waals surface area contributed by atoms with Gasteiger partial charge < -0.3 is 10.8 Å². The number of rotatable bonds is 7. The van der Waals surface area contributed by atoms with Gasteiger partial charge in [-0.3, -0.25) is 0 Å². The highest BCUT2D eigenvalue weighted by atomic mass is 32.2. The van der Waals surface area contributed by atoms with E-state index >= 15 is 0 Å². The van der Waals surface area contributed by atoms with Crippen LogP contribution in [0, 0.1) is 5.92 Å². The maximum atomic E-state index is 9.51. The minimum Gasteiger partial charge on any atom is -0.394 e. The second-order valence-corrected chi connectivity index (χ2v) is 6.02. The molecule has 0 fully saturated rings. The molecular weight excluding hydrogens is 230 g/mol. The number of aliphatic hydroxyl groups excluding tert-OH is 1. The zero-order valence-corrected chi connectivity index (χ0v) is 11.5. The monoisotopic (exact) mass is 253 g/mol. The van der Waals surface area contributed by atoms with E-state index in [9.17, 15) is 5.11 Å². The Labute approximate surface area is 109 Å². The molecule has 96 valence electrons. The van der Waals surface area contributed by atoms with Crippen LogP contribution in [-0.4, -0.2) is 23.2 Å². The zero-order valence-electron chi connectivity index (χ0n) is 10.7. The van der Waals surface area contributed by atoms with Crippen LogP contribution >= 0.6 is 11.8 Å². The van der Waals surface area contributed by atoms with Crippen LogP contribution in [0.25, 0.3) is 0 Å². The lowest BCUT2D eigenvalue weighted by Gasteiger charge is -2.27. The van der Waals surface area contributed by atoms with Crippen LogP contribution < -0.4 is 5.73 Å². The van der Waals surface area contributed by atoms with Crippen molar-refractivity contribution in [3.05, 3.63) is 35.9 Å². The van der Waals surface area contributed by atoms with Crippen LogP contribution in [0.1, 0.15) is 25.8 Å². The van der Waals surface area contributed by atoms with Gasteiger partial charge in [0.2, 0.25) is 0 Å². The molecule has 0 radical (unpaired) electrons. The summed E-state index contributed by atoms with van der Waals surface area (Å²) in [6.45, 7) is 4.44. The molecular formula is C14H23NOS. The van der Waals surface area contributed by atoms with E-state index in [1.54, 1.807) is 0 Å². The summed E-state index contributed by atoms with van der Waals surface area (Å²) in [6, 6.07) is 9.86. The summed E-state index contributed by atoms with van der Waals surface area (Å²) in [5, 5.41) is 9.51. The van der Waals surface area contributed by atoms with Crippen LogP contribution in [0.3, 0.4) is 0 Å². The lowest BCUT2D eigenvalue weighted by Crippen LogP contribution is -2.43. The van der Waals surface area contributed by atoms with Crippen molar-refractivity contribution < 1.29 is 5.11 Å². The number of hydrogen-bond donors (Lipinski definition) is 2. The Morgan fingerprint density at radius 1 is 1.29 bits per heavy atom. The molecule has 0 saturated heterocycles. The third-order valence-corrected chi connectivity index (χ3v) is 4.07. The molecule has 0 amide bonds. The Morgan fingerprint density at radius 3 is 2.47 bits per heavy atom. The maximum Gasteiger partial charge on any atom is 0.0735 e. The van der Waals surface area contributed by atoms with Crippen molar-refractivity contribution in [3.63, 3.8) is 0 Å². The molecule has 1 aromatic rings. The highest BCUT2D eigenvalue weighted by molar-refractivity contribution is 7.99. The summed E-state index contributed by atoms with van der Waals surface area (Å²) in [5.41, 5.74) is 6.67. The molecule has 0 aliphatic carbocycles. The van der Waals surface area contributed by atoms with Crippen LogP contribution in [0.5, 0.6) is 0 Å². The second-order valence-electron chi connectivity index (χ2n) is 4.92. The van der Waals surface area contributed by atoms with Gasteiger partial charge in [-0.05, 0) is 23.7 Å². The fourth-order valence-electron chi connectivity index (χ4n) is 1.56. The first kappa shape index (κ1) is 14.6. The molecule has 1 aromatic carbocycles. The Kier molecular flexibility index (Phi) is 6.03. The number of benzene rings is 1. The van der Waals surface area contributed by atoms with Gasteiger partial charge >= 0.3 is 0 Å². The Bertz CT molecular complexity index is 315. The maximum absolute atomic E-state index is 9.51. The Morgan fingerprint density at radius 2 is 1.94 bits per heavy atom. The van der Waals surface area contributed by atoms with E-state index in [2.05, 4.69) is 13.8 Å². The van der Waals surface area contributed by atoms with Gasteiger partial charge in [-0.1, -0.05) is 44.2 Å². The molecule has 1 rings (SSSR count). The summed E-state index contributed by atoms with van der Waals surface area (Å²) in [7, 11) is 0. The van der Waals surface area contributed by atoms with Crippen molar-refractivity contribution in [1.29, 1.82) is 0 Å². The smallest absolute Gasteiger partial charge is 0.0735 e. The highest BCUT2D eigenvalue weighted by Gasteiger charge is 2.26. The van der Waals surface area contributed by atoms with E-state index in [4.69, 9.17) is 5.73 Å². The predicted molar refractivity (Wildman–Crippen MR) is 76.2 cm³/mol. The van der Waals surface area contributed by atoms with Crippen LogP contribution in [0.4, 0.5) is 0 Å². The predicted octanol–water partition coefficient (Wildman–Crippen LogP) is 2.61. The highest BCUT2D eigenvalue weighted by Crippen LogP contribution is 2.23. The van der Waals surface area contributed by atoms with Gasteiger partial charge in [0.05, 0.1) is 12.1 Å². The topological polar surface area (TPSA) is 46.2 Å². The van der Waals surface area contributed by atoms with Crippen molar-refractivity contribution in [1.82, 2.24) is 0 Å². The lowest BCUT2D eigenvalue weighted by molar-refractivity contribution is 0.213. The molecule has 0 aliphatic rings. The SMILES string of the molecule is CC(C)CCSCC(N)(CO)c1ccccc1. The normalized spacial score (nSPS) is 14.9. The fourth-order valence-corrected chi connectivity index (χ4v) is 2.97. The summed E-state index contributed by atoms with van der Waals surface area (Å²) in [6.07, 6.45) is 1.20. The summed E-state index contributed by atoms with van der Waals surface area (Å²) in [5.74, 6) is 2.59. The van der Waals surface area contributed by atoms with Gasteiger partial charge in [0, 0.05) is 5.75 Å². The Balaban J connectivity index is 2.52. The molecule has 2 nitrogen and oxygen atoms in total.